The Labute approximate surface area is 125 Å². The minimum atomic E-state index is -3.49. The molecule has 2 aromatic rings. The Balaban J connectivity index is 2.07. The molecule has 112 valence electrons. The van der Waals surface area contributed by atoms with Crippen molar-refractivity contribution in [1.29, 1.82) is 0 Å². The number of methoxy groups -OCH3 is 1. The number of hydrogen-bond donors (Lipinski definition) is 1. The van der Waals surface area contributed by atoms with E-state index in [1.54, 1.807) is 31.4 Å². The van der Waals surface area contributed by atoms with Crippen molar-refractivity contribution in [1.82, 2.24) is 4.72 Å². The number of sulfonamides is 1. The van der Waals surface area contributed by atoms with E-state index in [0.717, 1.165) is 16.7 Å². The molecule has 0 aromatic heterocycles. The average Bonchev–Trinajstić information content (AvgIpc) is 2.46. The highest BCUT2D eigenvalue weighted by molar-refractivity contribution is 7.89. The Morgan fingerprint density at radius 1 is 1.05 bits per heavy atom. The van der Waals surface area contributed by atoms with Crippen molar-refractivity contribution in [3.8, 4) is 0 Å². The van der Waals surface area contributed by atoms with Gasteiger partial charge in [-0.3, -0.25) is 0 Å². The van der Waals surface area contributed by atoms with Gasteiger partial charge in [0.1, 0.15) is 0 Å². The van der Waals surface area contributed by atoms with Crippen LogP contribution in [0.15, 0.2) is 53.4 Å². The highest BCUT2D eigenvalue weighted by Crippen LogP contribution is 2.12. The zero-order chi connectivity index (χ0) is 15.3. The van der Waals surface area contributed by atoms with E-state index in [4.69, 9.17) is 4.74 Å². The summed E-state index contributed by atoms with van der Waals surface area (Å²) >= 11 is 0. The van der Waals surface area contributed by atoms with E-state index in [1.165, 1.54) is 0 Å². The average molecular weight is 305 g/mol. The molecule has 0 bridgehead atoms. The Kier molecular flexibility index (Phi) is 5.12. The van der Waals surface area contributed by atoms with Gasteiger partial charge in [-0.05, 0) is 30.2 Å². The van der Waals surface area contributed by atoms with Crippen LogP contribution in [0.1, 0.15) is 16.7 Å². The van der Waals surface area contributed by atoms with Crippen molar-refractivity contribution >= 4 is 10.0 Å². The fourth-order valence-corrected chi connectivity index (χ4v) is 3.03. The summed E-state index contributed by atoms with van der Waals surface area (Å²) in [6.45, 7) is 2.73. The molecule has 0 atom stereocenters. The van der Waals surface area contributed by atoms with Gasteiger partial charge in [0.15, 0.2) is 0 Å². The van der Waals surface area contributed by atoms with Crippen LogP contribution in [0.25, 0.3) is 0 Å². The summed E-state index contributed by atoms with van der Waals surface area (Å²) in [7, 11) is -1.89. The summed E-state index contributed by atoms with van der Waals surface area (Å²) in [6.07, 6.45) is 0. The Bertz CT molecular complexity index is 694. The summed E-state index contributed by atoms with van der Waals surface area (Å²) in [5.41, 5.74) is 2.99. The summed E-state index contributed by atoms with van der Waals surface area (Å²) in [5, 5.41) is 0. The maximum Gasteiger partial charge on any atom is 0.240 e. The number of benzene rings is 2. The third-order valence-corrected chi connectivity index (χ3v) is 4.51. The molecule has 1 N–H and O–H groups in total. The molecule has 0 spiro atoms. The molecule has 0 heterocycles. The van der Waals surface area contributed by atoms with E-state index in [-0.39, 0.29) is 11.4 Å². The molecule has 2 aromatic carbocycles. The highest BCUT2D eigenvalue weighted by atomic mass is 32.2. The quantitative estimate of drug-likeness (QED) is 0.892. The third kappa shape index (κ3) is 4.39. The molecule has 0 aliphatic heterocycles. The largest absolute Gasteiger partial charge is 0.380 e. The lowest BCUT2D eigenvalue weighted by molar-refractivity contribution is 0.185. The maximum atomic E-state index is 12.2. The molecule has 0 amide bonds. The minimum absolute atomic E-state index is 0.259. The fourth-order valence-electron chi connectivity index (χ4n) is 2.02. The predicted octanol–water partition coefficient (Wildman–Crippen LogP) is 2.62. The van der Waals surface area contributed by atoms with Crippen molar-refractivity contribution in [3.05, 3.63) is 65.2 Å². The second-order valence-electron chi connectivity index (χ2n) is 4.89. The van der Waals surface area contributed by atoms with Crippen molar-refractivity contribution in [2.45, 2.75) is 25.0 Å². The smallest absolute Gasteiger partial charge is 0.240 e. The summed E-state index contributed by atoms with van der Waals surface area (Å²) in [4.78, 5) is 0.259. The topological polar surface area (TPSA) is 55.4 Å². The first-order chi connectivity index (χ1) is 10.0. The van der Waals surface area contributed by atoms with Crippen LogP contribution >= 0.6 is 0 Å². The molecule has 0 unspecified atom stereocenters. The fraction of sp³-hybridized carbons (Fsp3) is 0.250. The first-order valence-electron chi connectivity index (χ1n) is 6.64. The van der Waals surface area contributed by atoms with E-state index < -0.39 is 10.0 Å². The first kappa shape index (κ1) is 15.7. The van der Waals surface area contributed by atoms with E-state index in [1.807, 2.05) is 31.2 Å². The molecular weight excluding hydrogens is 286 g/mol. The lowest BCUT2D eigenvalue weighted by Gasteiger charge is -2.08. The second-order valence-corrected chi connectivity index (χ2v) is 6.66. The Morgan fingerprint density at radius 3 is 2.38 bits per heavy atom. The van der Waals surface area contributed by atoms with Crippen molar-refractivity contribution < 1.29 is 13.2 Å². The van der Waals surface area contributed by atoms with Crippen molar-refractivity contribution in [2.24, 2.45) is 0 Å². The van der Waals surface area contributed by atoms with Crippen molar-refractivity contribution in [2.75, 3.05) is 7.11 Å². The zero-order valence-electron chi connectivity index (χ0n) is 12.2. The van der Waals surface area contributed by atoms with Crippen LogP contribution in [-0.4, -0.2) is 15.5 Å². The van der Waals surface area contributed by atoms with Gasteiger partial charge >= 0.3 is 0 Å². The van der Waals surface area contributed by atoms with E-state index in [2.05, 4.69) is 4.72 Å². The van der Waals surface area contributed by atoms with Gasteiger partial charge in [0, 0.05) is 13.7 Å². The van der Waals surface area contributed by atoms with Gasteiger partial charge in [-0.2, -0.15) is 0 Å². The molecule has 0 saturated carbocycles. The van der Waals surface area contributed by atoms with E-state index in [9.17, 15) is 8.42 Å². The maximum absolute atomic E-state index is 12.2. The monoisotopic (exact) mass is 305 g/mol. The molecule has 0 saturated heterocycles. The van der Waals surface area contributed by atoms with Crippen LogP contribution in [0.3, 0.4) is 0 Å². The summed E-state index contributed by atoms with van der Waals surface area (Å²) < 4.78 is 32.1. The lowest BCUT2D eigenvalue weighted by Crippen LogP contribution is -2.23. The zero-order valence-corrected chi connectivity index (χ0v) is 13.0. The SMILES string of the molecule is COCc1ccc(S(=O)(=O)NCc2cccc(C)c2)cc1. The number of aryl methyl sites for hydroxylation is 1. The van der Waals surface area contributed by atoms with Gasteiger partial charge in [-0.25, -0.2) is 13.1 Å². The van der Waals surface area contributed by atoms with E-state index in [0.29, 0.717) is 6.61 Å². The van der Waals surface area contributed by atoms with Crippen LogP contribution in [0.2, 0.25) is 0 Å². The third-order valence-electron chi connectivity index (χ3n) is 3.09. The summed E-state index contributed by atoms with van der Waals surface area (Å²) in [5.74, 6) is 0. The molecule has 4 nitrogen and oxygen atoms in total. The molecule has 5 heteroatoms. The highest BCUT2D eigenvalue weighted by Gasteiger charge is 2.13. The second kappa shape index (κ2) is 6.85. The van der Waals surface area contributed by atoms with E-state index >= 15 is 0 Å². The predicted molar refractivity (Wildman–Crippen MR) is 82.4 cm³/mol. The molecule has 0 aliphatic rings. The molecular formula is C16H19NO3S. The first-order valence-corrected chi connectivity index (χ1v) is 8.13. The van der Waals surface area contributed by atoms with Gasteiger partial charge in [-0.15, -0.1) is 0 Å². The van der Waals surface area contributed by atoms with Crippen LogP contribution in [0.5, 0.6) is 0 Å². The molecule has 0 aliphatic carbocycles. The Hall–Kier alpha value is -1.69. The van der Waals surface area contributed by atoms with Crippen LogP contribution in [-0.2, 0) is 27.9 Å². The lowest BCUT2D eigenvalue weighted by atomic mass is 10.1. The van der Waals surface area contributed by atoms with Crippen LogP contribution < -0.4 is 4.72 Å². The normalized spacial score (nSPS) is 11.5. The van der Waals surface area contributed by atoms with Crippen LogP contribution in [0, 0.1) is 6.92 Å². The number of ether oxygens (including phenoxy) is 1. The molecule has 21 heavy (non-hydrogen) atoms. The number of rotatable bonds is 6. The van der Waals surface area contributed by atoms with Gasteiger partial charge in [0.25, 0.3) is 0 Å². The minimum Gasteiger partial charge on any atom is -0.380 e. The molecule has 2 rings (SSSR count). The number of nitrogens with one attached hydrogen (secondary N) is 1. The van der Waals surface area contributed by atoms with Crippen molar-refractivity contribution in [3.63, 3.8) is 0 Å². The molecule has 0 radical (unpaired) electrons. The Morgan fingerprint density at radius 2 is 1.76 bits per heavy atom. The van der Waals surface area contributed by atoms with Gasteiger partial charge in [0.05, 0.1) is 11.5 Å². The number of hydrogen-bond acceptors (Lipinski definition) is 3. The van der Waals surface area contributed by atoms with Gasteiger partial charge < -0.3 is 4.74 Å². The summed E-state index contributed by atoms with van der Waals surface area (Å²) in [6, 6.07) is 14.4. The standard InChI is InChI=1S/C16H19NO3S/c1-13-4-3-5-15(10-13)11-17-21(18,19)16-8-6-14(7-9-16)12-20-2/h3-10,17H,11-12H2,1-2H3. The molecule has 0 fully saturated rings. The van der Waals surface area contributed by atoms with Gasteiger partial charge in [0.2, 0.25) is 10.0 Å². The van der Waals surface area contributed by atoms with Gasteiger partial charge in [-0.1, -0.05) is 42.0 Å². The van der Waals surface area contributed by atoms with Crippen LogP contribution in [0.4, 0.5) is 0 Å².